The molecule has 5 nitrogen and oxygen atoms in total. The zero-order valence-electron chi connectivity index (χ0n) is 13.8. The Balaban J connectivity index is 0.00000264. The predicted molar refractivity (Wildman–Crippen MR) is 94.4 cm³/mol. The van der Waals surface area contributed by atoms with E-state index in [4.69, 9.17) is 4.74 Å². The molecule has 3 N–H and O–H groups in total. The first kappa shape index (κ1) is 20.2. The fraction of sp³-hybridized carbons (Fsp3) is 0.688. The number of nitrogens with one attached hydrogen (secondary N) is 1. The van der Waals surface area contributed by atoms with Crippen molar-refractivity contribution in [3.05, 3.63) is 15.3 Å². The smallest absolute Gasteiger partial charge is 0.349 e. The van der Waals surface area contributed by atoms with Crippen LogP contribution >= 0.6 is 23.7 Å². The number of carbonyl (C=O) groups is 1. The highest BCUT2D eigenvalue weighted by Crippen LogP contribution is 2.40. The standard InChI is InChI=1S/C16H25NO4S.ClH/c1-16(2,3)17-8-10(18)9-21-13-11-6-4-5-7-12(11)22-14(13)15(19)20;/h10,17-18H,4-9H2,1-3H3,(H,19,20);1H. The molecule has 0 radical (unpaired) electrons. The molecule has 1 aromatic heterocycles. The predicted octanol–water partition coefficient (Wildman–Crippen LogP) is 2.87. The lowest BCUT2D eigenvalue weighted by molar-refractivity contribution is 0.0687. The average molecular weight is 364 g/mol. The number of halogens is 1. The van der Waals surface area contributed by atoms with Gasteiger partial charge in [-0.05, 0) is 46.5 Å². The maximum atomic E-state index is 11.4. The monoisotopic (exact) mass is 363 g/mol. The summed E-state index contributed by atoms with van der Waals surface area (Å²) >= 11 is 1.32. The van der Waals surface area contributed by atoms with Crippen LogP contribution in [0.3, 0.4) is 0 Å². The first-order valence-electron chi connectivity index (χ1n) is 7.71. The number of β-amino-alcohol motifs (C(OH)–C–C–N with tert-alkyl or cyclic N) is 1. The van der Waals surface area contributed by atoms with E-state index in [1.807, 2.05) is 20.8 Å². The van der Waals surface area contributed by atoms with Crippen LogP contribution in [0.4, 0.5) is 0 Å². The summed E-state index contributed by atoms with van der Waals surface area (Å²) in [5.41, 5.74) is 0.957. The lowest BCUT2D eigenvalue weighted by Crippen LogP contribution is -2.42. The molecular weight excluding hydrogens is 338 g/mol. The number of thiophene rings is 1. The highest BCUT2D eigenvalue weighted by atomic mass is 35.5. The van der Waals surface area contributed by atoms with Gasteiger partial charge in [-0.15, -0.1) is 23.7 Å². The molecule has 1 aliphatic rings. The van der Waals surface area contributed by atoms with Crippen LogP contribution in [0.2, 0.25) is 0 Å². The molecular formula is C16H26ClNO4S. The molecule has 0 aromatic carbocycles. The molecule has 1 aromatic rings. The van der Waals surface area contributed by atoms with Crippen molar-refractivity contribution in [2.45, 2.75) is 58.1 Å². The number of aliphatic hydroxyl groups is 1. The minimum atomic E-state index is -0.947. The van der Waals surface area contributed by atoms with Gasteiger partial charge in [-0.2, -0.15) is 0 Å². The van der Waals surface area contributed by atoms with Crippen LogP contribution in [0.25, 0.3) is 0 Å². The van der Waals surface area contributed by atoms with Gasteiger partial charge >= 0.3 is 5.97 Å². The van der Waals surface area contributed by atoms with Crippen molar-refractivity contribution in [3.63, 3.8) is 0 Å². The normalized spacial score (nSPS) is 15.5. The summed E-state index contributed by atoms with van der Waals surface area (Å²) in [6.07, 6.45) is 3.29. The number of ether oxygens (including phenoxy) is 1. The Morgan fingerprint density at radius 3 is 2.61 bits per heavy atom. The first-order valence-corrected chi connectivity index (χ1v) is 8.53. The summed E-state index contributed by atoms with van der Waals surface area (Å²) in [7, 11) is 0. The molecule has 0 saturated heterocycles. The average Bonchev–Trinajstić information content (AvgIpc) is 2.81. The van der Waals surface area contributed by atoms with Crippen LogP contribution in [0.5, 0.6) is 5.75 Å². The van der Waals surface area contributed by atoms with Crippen molar-refractivity contribution in [1.29, 1.82) is 0 Å². The van der Waals surface area contributed by atoms with Gasteiger partial charge in [0.1, 0.15) is 18.5 Å². The Bertz CT molecular complexity index is 539. The van der Waals surface area contributed by atoms with Gasteiger partial charge in [0.05, 0.1) is 0 Å². The van der Waals surface area contributed by atoms with Gasteiger partial charge in [-0.1, -0.05) is 0 Å². The number of hydrogen-bond acceptors (Lipinski definition) is 5. The minimum Gasteiger partial charge on any atom is -0.489 e. The summed E-state index contributed by atoms with van der Waals surface area (Å²) in [5.74, 6) is -0.473. The quantitative estimate of drug-likeness (QED) is 0.724. The second kappa shape index (κ2) is 8.33. The third kappa shape index (κ3) is 5.64. The van der Waals surface area contributed by atoms with Gasteiger partial charge in [0, 0.05) is 22.5 Å². The van der Waals surface area contributed by atoms with E-state index in [1.54, 1.807) is 0 Å². The summed E-state index contributed by atoms with van der Waals surface area (Å²) in [6.45, 7) is 6.60. The summed E-state index contributed by atoms with van der Waals surface area (Å²) in [5, 5.41) is 22.6. The first-order chi connectivity index (χ1) is 10.3. The highest BCUT2D eigenvalue weighted by molar-refractivity contribution is 7.14. The molecule has 1 unspecified atom stereocenters. The zero-order valence-corrected chi connectivity index (χ0v) is 15.5. The van der Waals surface area contributed by atoms with Gasteiger partial charge < -0.3 is 20.3 Å². The number of hydrogen-bond donors (Lipinski definition) is 3. The van der Waals surface area contributed by atoms with E-state index in [-0.39, 0.29) is 29.4 Å². The molecule has 0 saturated carbocycles. The fourth-order valence-corrected chi connectivity index (χ4v) is 3.67. The van der Waals surface area contributed by atoms with E-state index in [9.17, 15) is 15.0 Å². The number of carboxylic acids is 1. The molecule has 0 aliphatic heterocycles. The van der Waals surface area contributed by atoms with Crippen molar-refractivity contribution < 1.29 is 19.7 Å². The molecule has 0 spiro atoms. The molecule has 1 heterocycles. The molecule has 7 heteroatoms. The maximum Gasteiger partial charge on any atom is 0.349 e. The molecule has 132 valence electrons. The number of aromatic carboxylic acids is 1. The summed E-state index contributed by atoms with van der Waals surface area (Å²) < 4.78 is 5.70. The van der Waals surface area contributed by atoms with E-state index < -0.39 is 12.1 Å². The third-order valence-electron chi connectivity index (χ3n) is 3.61. The number of aliphatic hydroxyl groups excluding tert-OH is 1. The van der Waals surface area contributed by atoms with Crippen LogP contribution < -0.4 is 10.1 Å². The van der Waals surface area contributed by atoms with Gasteiger partial charge in [0.2, 0.25) is 0 Å². The Hall–Kier alpha value is -0.820. The Morgan fingerprint density at radius 1 is 1.35 bits per heavy atom. The molecule has 1 atom stereocenters. The lowest BCUT2D eigenvalue weighted by atomic mass is 9.98. The van der Waals surface area contributed by atoms with Crippen molar-refractivity contribution in [2.75, 3.05) is 13.2 Å². The maximum absolute atomic E-state index is 11.4. The molecule has 0 amide bonds. The lowest BCUT2D eigenvalue weighted by Gasteiger charge is -2.23. The van der Waals surface area contributed by atoms with Crippen LogP contribution in [0, 0.1) is 0 Å². The minimum absolute atomic E-state index is 0. The van der Waals surface area contributed by atoms with Crippen LogP contribution in [-0.2, 0) is 12.8 Å². The largest absolute Gasteiger partial charge is 0.489 e. The van der Waals surface area contributed by atoms with Crippen molar-refractivity contribution >= 4 is 29.7 Å². The number of rotatable bonds is 6. The van der Waals surface area contributed by atoms with Crippen LogP contribution in [0.15, 0.2) is 0 Å². The van der Waals surface area contributed by atoms with E-state index >= 15 is 0 Å². The van der Waals surface area contributed by atoms with Crippen molar-refractivity contribution in [2.24, 2.45) is 0 Å². The van der Waals surface area contributed by atoms with Gasteiger partial charge in [-0.3, -0.25) is 0 Å². The summed E-state index contributed by atoms with van der Waals surface area (Å²) in [4.78, 5) is 12.8. The molecule has 23 heavy (non-hydrogen) atoms. The SMILES string of the molecule is CC(C)(C)NCC(O)COc1c(C(=O)O)sc2c1CCCC2.Cl. The van der Waals surface area contributed by atoms with E-state index in [0.717, 1.165) is 36.1 Å². The molecule has 0 fully saturated rings. The Morgan fingerprint density at radius 2 is 2.00 bits per heavy atom. The Labute approximate surface area is 147 Å². The fourth-order valence-electron chi connectivity index (χ4n) is 2.49. The van der Waals surface area contributed by atoms with Gasteiger partial charge in [-0.25, -0.2) is 4.79 Å². The zero-order chi connectivity index (χ0) is 16.3. The number of aryl methyl sites for hydroxylation is 1. The van der Waals surface area contributed by atoms with Crippen molar-refractivity contribution in [1.82, 2.24) is 5.32 Å². The van der Waals surface area contributed by atoms with Gasteiger partial charge in [0.25, 0.3) is 0 Å². The summed E-state index contributed by atoms with van der Waals surface area (Å²) in [6, 6.07) is 0. The van der Waals surface area contributed by atoms with Crippen LogP contribution in [0.1, 0.15) is 53.7 Å². The Kier molecular flexibility index (Phi) is 7.32. The molecule has 2 rings (SSSR count). The third-order valence-corrected chi connectivity index (χ3v) is 4.87. The highest BCUT2D eigenvalue weighted by Gasteiger charge is 2.26. The molecule has 0 bridgehead atoms. The number of carboxylic acid groups (broad SMARTS) is 1. The van der Waals surface area contributed by atoms with Gasteiger partial charge in [0.15, 0.2) is 4.88 Å². The van der Waals surface area contributed by atoms with Crippen LogP contribution in [-0.4, -0.2) is 41.0 Å². The molecule has 1 aliphatic carbocycles. The number of fused-ring (bicyclic) bond motifs is 1. The topological polar surface area (TPSA) is 78.8 Å². The second-order valence-electron chi connectivity index (χ2n) is 6.77. The van der Waals surface area contributed by atoms with E-state index in [0.29, 0.717) is 12.3 Å². The second-order valence-corrected chi connectivity index (χ2v) is 7.88. The van der Waals surface area contributed by atoms with E-state index in [1.165, 1.54) is 11.3 Å². The van der Waals surface area contributed by atoms with Crippen molar-refractivity contribution in [3.8, 4) is 5.75 Å². The van der Waals surface area contributed by atoms with E-state index in [2.05, 4.69) is 5.32 Å².